The summed E-state index contributed by atoms with van der Waals surface area (Å²) >= 11 is 0. The van der Waals surface area contributed by atoms with Gasteiger partial charge in [-0.05, 0) is 45.1 Å². The number of benzene rings is 1. The Morgan fingerprint density at radius 1 is 1.06 bits per heavy atom. The maximum Gasteiger partial charge on any atom is 0.410 e. The molecule has 8 nitrogen and oxygen atoms in total. The van der Waals surface area contributed by atoms with Crippen LogP contribution >= 0.6 is 0 Å². The van der Waals surface area contributed by atoms with Gasteiger partial charge in [-0.3, -0.25) is 14.5 Å². The van der Waals surface area contributed by atoms with Crippen LogP contribution in [0.5, 0.6) is 0 Å². The summed E-state index contributed by atoms with van der Waals surface area (Å²) in [6, 6.07) is 9.99. The largest absolute Gasteiger partial charge is 0.444 e. The van der Waals surface area contributed by atoms with Crippen molar-refractivity contribution in [2.24, 2.45) is 0 Å². The highest BCUT2D eigenvalue weighted by Gasteiger charge is 2.39. The second-order valence-electron chi connectivity index (χ2n) is 10.3. The van der Waals surface area contributed by atoms with Crippen molar-refractivity contribution >= 4 is 17.9 Å². The Hall–Kier alpha value is -2.61. The van der Waals surface area contributed by atoms with Gasteiger partial charge in [-0.2, -0.15) is 0 Å². The minimum atomic E-state index is -1.02. The molecular weight excluding hydrogens is 422 g/mol. The third kappa shape index (κ3) is 6.93. The van der Waals surface area contributed by atoms with E-state index in [0.717, 1.165) is 5.56 Å². The Morgan fingerprint density at radius 2 is 1.70 bits per heavy atom. The molecule has 2 aliphatic rings. The van der Waals surface area contributed by atoms with Crippen LogP contribution in [0.3, 0.4) is 0 Å². The predicted octanol–water partition coefficient (Wildman–Crippen LogP) is 2.61. The van der Waals surface area contributed by atoms with Crippen molar-refractivity contribution in [2.75, 3.05) is 39.3 Å². The second kappa shape index (κ2) is 10.1. The molecule has 1 aromatic rings. The molecule has 2 heterocycles. The lowest BCUT2D eigenvalue weighted by Crippen LogP contribution is -2.58. The molecule has 2 aliphatic heterocycles. The molecule has 2 saturated heterocycles. The second-order valence-corrected chi connectivity index (χ2v) is 10.3. The molecule has 1 atom stereocenters. The molecule has 3 rings (SSSR count). The third-order valence-corrected chi connectivity index (χ3v) is 6.35. The minimum absolute atomic E-state index is 0.0486. The highest BCUT2D eigenvalue weighted by molar-refractivity contribution is 5.83. The normalized spacial score (nSPS) is 19.9. The highest BCUT2D eigenvalue weighted by Crippen LogP contribution is 2.27. The first-order chi connectivity index (χ1) is 15.5. The van der Waals surface area contributed by atoms with E-state index in [1.54, 1.807) is 25.7 Å². The molecule has 0 unspecified atom stereocenters. The molecule has 2 fully saturated rings. The van der Waals surface area contributed by atoms with Gasteiger partial charge >= 0.3 is 6.09 Å². The molecule has 0 radical (unpaired) electrons. The quantitative estimate of drug-likeness (QED) is 0.731. The Labute approximate surface area is 196 Å². The van der Waals surface area contributed by atoms with Crippen LogP contribution in [0.15, 0.2) is 30.3 Å². The number of amides is 3. The molecule has 0 spiro atoms. The molecule has 0 aliphatic carbocycles. The molecule has 182 valence electrons. The van der Waals surface area contributed by atoms with Crippen LogP contribution in [0, 0.1) is 0 Å². The fourth-order valence-electron chi connectivity index (χ4n) is 4.33. The van der Waals surface area contributed by atoms with Gasteiger partial charge in [0.2, 0.25) is 11.8 Å². The van der Waals surface area contributed by atoms with Crippen LogP contribution < -0.4 is 0 Å². The van der Waals surface area contributed by atoms with E-state index in [1.807, 2.05) is 35.2 Å². The lowest BCUT2D eigenvalue weighted by molar-refractivity contribution is -0.145. The standard InChI is InChI=1S/C25H37N3O5/c1-19(20-8-6-5-7-9-20)16-21(29)26-12-10-25(32,11-13-26)18-28-15-14-27(17-22(28)30)23(31)33-24(2,3)4/h5-9,19,32H,10-18H2,1-4H3/t19-/m1/s1. The predicted molar refractivity (Wildman–Crippen MR) is 125 cm³/mol. The van der Waals surface area contributed by atoms with Crippen LogP contribution in [-0.4, -0.2) is 88.2 Å². The fourth-order valence-corrected chi connectivity index (χ4v) is 4.33. The molecule has 3 amide bonds. The maximum absolute atomic E-state index is 12.8. The molecule has 0 bridgehead atoms. The van der Waals surface area contributed by atoms with Gasteiger partial charge in [0.1, 0.15) is 12.1 Å². The summed E-state index contributed by atoms with van der Waals surface area (Å²) in [6.07, 6.45) is 0.801. The number of aliphatic hydroxyl groups is 1. The highest BCUT2D eigenvalue weighted by atomic mass is 16.6. The molecule has 8 heteroatoms. The number of rotatable bonds is 5. The van der Waals surface area contributed by atoms with Gasteiger partial charge in [0.25, 0.3) is 0 Å². The number of carbonyl (C=O) groups excluding carboxylic acids is 3. The summed E-state index contributed by atoms with van der Waals surface area (Å²) in [6.45, 7) is 9.27. The van der Waals surface area contributed by atoms with Crippen molar-refractivity contribution in [1.82, 2.24) is 14.7 Å². The van der Waals surface area contributed by atoms with Crippen LogP contribution in [0.4, 0.5) is 4.79 Å². The monoisotopic (exact) mass is 459 g/mol. The summed E-state index contributed by atoms with van der Waals surface area (Å²) in [5, 5.41) is 11.1. The van der Waals surface area contributed by atoms with Gasteiger partial charge in [-0.1, -0.05) is 37.3 Å². The smallest absolute Gasteiger partial charge is 0.410 e. The van der Waals surface area contributed by atoms with Gasteiger partial charge in [0.15, 0.2) is 0 Å². The first-order valence-electron chi connectivity index (χ1n) is 11.8. The van der Waals surface area contributed by atoms with E-state index in [0.29, 0.717) is 45.4 Å². The zero-order chi connectivity index (χ0) is 24.2. The lowest BCUT2D eigenvalue weighted by atomic mass is 9.89. The first-order valence-corrected chi connectivity index (χ1v) is 11.8. The Morgan fingerprint density at radius 3 is 2.27 bits per heavy atom. The zero-order valence-electron chi connectivity index (χ0n) is 20.2. The van der Waals surface area contributed by atoms with Gasteiger partial charge in [0.05, 0.1) is 5.60 Å². The Balaban J connectivity index is 1.46. The number of β-amino-alcohol motifs (C(OH)–C–C–N with tert-alkyl or cyclic N) is 1. The van der Waals surface area contributed by atoms with E-state index in [4.69, 9.17) is 4.74 Å². The van der Waals surface area contributed by atoms with E-state index >= 15 is 0 Å². The molecule has 1 aromatic carbocycles. The number of ether oxygens (including phenoxy) is 1. The summed E-state index contributed by atoms with van der Waals surface area (Å²) in [5.74, 6) is 0.0320. The van der Waals surface area contributed by atoms with Crippen LogP contribution in [0.2, 0.25) is 0 Å². The van der Waals surface area contributed by atoms with Crippen molar-refractivity contribution in [2.45, 2.75) is 64.1 Å². The van der Waals surface area contributed by atoms with Crippen LogP contribution in [0.25, 0.3) is 0 Å². The van der Waals surface area contributed by atoms with Crippen molar-refractivity contribution < 1.29 is 24.2 Å². The van der Waals surface area contributed by atoms with Crippen molar-refractivity contribution in [3.8, 4) is 0 Å². The van der Waals surface area contributed by atoms with Crippen molar-refractivity contribution in [3.63, 3.8) is 0 Å². The number of nitrogens with zero attached hydrogens (tertiary/aromatic N) is 3. The van der Waals surface area contributed by atoms with E-state index in [-0.39, 0.29) is 30.8 Å². The molecular formula is C25H37N3O5. The Kier molecular flexibility index (Phi) is 7.67. The summed E-state index contributed by atoms with van der Waals surface area (Å²) in [4.78, 5) is 42.5. The van der Waals surface area contributed by atoms with Crippen molar-refractivity contribution in [1.29, 1.82) is 0 Å². The number of carbonyl (C=O) groups is 3. The number of hydrogen-bond acceptors (Lipinski definition) is 5. The number of hydrogen-bond donors (Lipinski definition) is 1. The molecule has 1 N–H and O–H groups in total. The van der Waals surface area contributed by atoms with E-state index in [1.165, 1.54) is 4.90 Å². The van der Waals surface area contributed by atoms with E-state index in [2.05, 4.69) is 6.92 Å². The van der Waals surface area contributed by atoms with Crippen molar-refractivity contribution in [3.05, 3.63) is 35.9 Å². The number of piperidine rings is 1. The average molecular weight is 460 g/mol. The van der Waals surface area contributed by atoms with Gasteiger partial charge in [-0.15, -0.1) is 0 Å². The molecule has 0 saturated carbocycles. The number of piperazine rings is 1. The SMILES string of the molecule is C[C@H](CC(=O)N1CCC(O)(CN2CCN(C(=O)OC(C)(C)C)CC2=O)CC1)c1ccccc1. The summed E-state index contributed by atoms with van der Waals surface area (Å²) < 4.78 is 5.35. The zero-order valence-corrected chi connectivity index (χ0v) is 20.2. The van der Waals surface area contributed by atoms with Crippen LogP contribution in [-0.2, 0) is 14.3 Å². The van der Waals surface area contributed by atoms with Gasteiger partial charge < -0.3 is 19.6 Å². The fraction of sp³-hybridized carbons (Fsp3) is 0.640. The topological polar surface area (TPSA) is 90.4 Å². The first kappa shape index (κ1) is 25.0. The van der Waals surface area contributed by atoms with Gasteiger partial charge in [-0.25, -0.2) is 4.79 Å². The molecule has 33 heavy (non-hydrogen) atoms. The molecule has 0 aromatic heterocycles. The van der Waals surface area contributed by atoms with Crippen LogP contribution in [0.1, 0.15) is 58.4 Å². The summed E-state index contributed by atoms with van der Waals surface area (Å²) in [5.41, 5.74) is -0.495. The van der Waals surface area contributed by atoms with E-state index < -0.39 is 17.3 Å². The minimum Gasteiger partial charge on any atom is -0.444 e. The summed E-state index contributed by atoms with van der Waals surface area (Å²) in [7, 11) is 0. The van der Waals surface area contributed by atoms with E-state index in [9.17, 15) is 19.5 Å². The average Bonchev–Trinajstić information content (AvgIpc) is 2.75. The van der Waals surface area contributed by atoms with Gasteiger partial charge in [0, 0.05) is 39.1 Å². The number of likely N-dealkylation sites (tertiary alicyclic amines) is 1. The maximum atomic E-state index is 12.8. The Bertz CT molecular complexity index is 843. The lowest BCUT2D eigenvalue weighted by Gasteiger charge is -2.43. The third-order valence-electron chi connectivity index (χ3n) is 6.35.